The number of hydrogen-bond acceptors (Lipinski definition) is 3. The summed E-state index contributed by atoms with van der Waals surface area (Å²) in [5, 5.41) is 3.13. The molecule has 3 rings (SSSR count). The van der Waals surface area contributed by atoms with Crippen LogP contribution in [-0.2, 0) is 4.74 Å². The van der Waals surface area contributed by atoms with Gasteiger partial charge in [-0.05, 0) is 50.3 Å². The lowest BCUT2D eigenvalue weighted by Gasteiger charge is -2.37. The molecule has 2 aliphatic rings. The van der Waals surface area contributed by atoms with E-state index in [0.29, 0.717) is 25.4 Å². The highest BCUT2D eigenvalue weighted by Crippen LogP contribution is 2.24. The lowest BCUT2D eigenvalue weighted by molar-refractivity contribution is 0.0521. The number of benzene rings is 1. The fourth-order valence-corrected chi connectivity index (χ4v) is 3.69. The second kappa shape index (κ2) is 8.04. The molecule has 1 aromatic carbocycles. The summed E-state index contributed by atoms with van der Waals surface area (Å²) in [5.74, 6) is -0.197. The van der Waals surface area contributed by atoms with Crippen LogP contribution in [0.2, 0.25) is 0 Å². The highest BCUT2D eigenvalue weighted by atomic mass is 19.1. The fraction of sp³-hybridized carbons (Fsp3) is 0.632. The van der Waals surface area contributed by atoms with E-state index in [1.165, 1.54) is 6.07 Å². The largest absolute Gasteiger partial charge is 0.381 e. The van der Waals surface area contributed by atoms with Crippen LogP contribution < -0.4 is 10.2 Å². The van der Waals surface area contributed by atoms with Crippen LogP contribution in [0.25, 0.3) is 0 Å². The van der Waals surface area contributed by atoms with Crippen molar-refractivity contribution < 1.29 is 13.9 Å². The predicted molar refractivity (Wildman–Crippen MR) is 96.5 cm³/mol. The van der Waals surface area contributed by atoms with E-state index in [4.69, 9.17) is 4.74 Å². The van der Waals surface area contributed by atoms with Crippen LogP contribution in [0.1, 0.15) is 31.2 Å². The van der Waals surface area contributed by atoms with Crippen molar-refractivity contribution in [2.75, 3.05) is 38.3 Å². The Morgan fingerprint density at radius 2 is 2.08 bits per heavy atom. The first kappa shape index (κ1) is 18.0. The fourth-order valence-electron chi connectivity index (χ4n) is 3.69. The van der Waals surface area contributed by atoms with Crippen LogP contribution >= 0.6 is 0 Å². The molecule has 0 spiro atoms. The molecule has 2 aliphatic heterocycles. The lowest BCUT2D eigenvalue weighted by Crippen LogP contribution is -2.53. The maximum Gasteiger partial charge on any atom is 0.317 e. The van der Waals surface area contributed by atoms with Crippen LogP contribution in [0.15, 0.2) is 18.2 Å². The van der Waals surface area contributed by atoms with Crippen molar-refractivity contribution in [2.24, 2.45) is 0 Å². The molecule has 25 heavy (non-hydrogen) atoms. The summed E-state index contributed by atoms with van der Waals surface area (Å²) in [6.45, 7) is 4.86. The molecule has 6 heteroatoms. The maximum absolute atomic E-state index is 14.2. The second-order valence-electron chi connectivity index (χ2n) is 7.14. The van der Waals surface area contributed by atoms with E-state index in [1.807, 2.05) is 24.9 Å². The number of aryl methyl sites for hydroxylation is 1. The summed E-state index contributed by atoms with van der Waals surface area (Å²) in [5.41, 5.74) is 1.68. The zero-order chi connectivity index (χ0) is 17.8. The Kier molecular flexibility index (Phi) is 5.78. The molecule has 1 unspecified atom stereocenters. The molecule has 138 valence electrons. The van der Waals surface area contributed by atoms with Crippen molar-refractivity contribution in [3.8, 4) is 0 Å². The zero-order valence-corrected chi connectivity index (χ0v) is 15.1. The number of urea groups is 1. The molecule has 1 N–H and O–H groups in total. The number of hydrogen-bond donors (Lipinski definition) is 1. The van der Waals surface area contributed by atoms with Crippen molar-refractivity contribution in [3.63, 3.8) is 0 Å². The molecule has 0 aromatic heterocycles. The van der Waals surface area contributed by atoms with Gasteiger partial charge in [-0.15, -0.1) is 0 Å². The standard InChI is InChI=1S/C19H28FN3O2/c1-14-5-6-17(20)18(12-14)23-9-3-4-15(13-23)21-19(24)22(2)16-7-10-25-11-8-16/h5-6,12,15-16H,3-4,7-11,13H2,1-2H3,(H,21,24). The summed E-state index contributed by atoms with van der Waals surface area (Å²) in [7, 11) is 1.85. The first-order chi connectivity index (χ1) is 12.0. The van der Waals surface area contributed by atoms with Gasteiger partial charge in [-0.2, -0.15) is 0 Å². The monoisotopic (exact) mass is 349 g/mol. The maximum atomic E-state index is 14.2. The van der Waals surface area contributed by atoms with Gasteiger partial charge < -0.3 is 19.9 Å². The molecule has 0 aliphatic carbocycles. The van der Waals surface area contributed by atoms with Crippen LogP contribution in [0.4, 0.5) is 14.9 Å². The Labute approximate surface area is 149 Å². The Balaban J connectivity index is 1.59. The quantitative estimate of drug-likeness (QED) is 0.913. The van der Waals surface area contributed by atoms with Crippen molar-refractivity contribution >= 4 is 11.7 Å². The summed E-state index contributed by atoms with van der Waals surface area (Å²) >= 11 is 0. The van der Waals surface area contributed by atoms with Crippen molar-refractivity contribution in [1.29, 1.82) is 0 Å². The average Bonchev–Trinajstić information content (AvgIpc) is 2.64. The van der Waals surface area contributed by atoms with Gasteiger partial charge in [0.2, 0.25) is 0 Å². The Bertz CT molecular complexity index is 604. The van der Waals surface area contributed by atoms with E-state index < -0.39 is 0 Å². The molecule has 2 fully saturated rings. The second-order valence-corrected chi connectivity index (χ2v) is 7.14. The summed E-state index contributed by atoms with van der Waals surface area (Å²) in [4.78, 5) is 16.4. The first-order valence-electron chi connectivity index (χ1n) is 9.17. The minimum absolute atomic E-state index is 0.0385. The molecular weight excluding hydrogens is 321 g/mol. The molecule has 5 nitrogen and oxygen atoms in total. The van der Waals surface area contributed by atoms with E-state index in [1.54, 1.807) is 11.0 Å². The molecule has 1 aromatic rings. The van der Waals surface area contributed by atoms with Crippen LogP contribution in [-0.4, -0.2) is 56.4 Å². The topological polar surface area (TPSA) is 44.8 Å². The van der Waals surface area contributed by atoms with Gasteiger partial charge in [-0.1, -0.05) is 6.07 Å². The third-order valence-electron chi connectivity index (χ3n) is 5.25. The van der Waals surface area contributed by atoms with Gasteiger partial charge in [0.25, 0.3) is 0 Å². The highest BCUT2D eigenvalue weighted by molar-refractivity contribution is 5.74. The van der Waals surface area contributed by atoms with E-state index in [9.17, 15) is 9.18 Å². The van der Waals surface area contributed by atoms with Gasteiger partial charge in [-0.25, -0.2) is 9.18 Å². The Hall–Kier alpha value is -1.82. The SMILES string of the molecule is Cc1ccc(F)c(N2CCCC(NC(=O)N(C)C3CCOCC3)C2)c1. The molecule has 2 saturated heterocycles. The molecule has 2 heterocycles. The van der Waals surface area contributed by atoms with E-state index in [2.05, 4.69) is 5.32 Å². The predicted octanol–water partition coefficient (Wildman–Crippen LogP) is 2.92. The van der Waals surface area contributed by atoms with Gasteiger partial charge in [0.1, 0.15) is 5.82 Å². The minimum Gasteiger partial charge on any atom is -0.381 e. The normalized spacial score (nSPS) is 21.9. The van der Waals surface area contributed by atoms with Gasteiger partial charge in [-0.3, -0.25) is 0 Å². The molecular formula is C19H28FN3O2. The number of ether oxygens (including phenoxy) is 1. The van der Waals surface area contributed by atoms with Crippen LogP contribution in [0.5, 0.6) is 0 Å². The third-order valence-corrected chi connectivity index (χ3v) is 5.25. The smallest absolute Gasteiger partial charge is 0.317 e. The molecule has 1 atom stereocenters. The summed E-state index contributed by atoms with van der Waals surface area (Å²) in [6.07, 6.45) is 3.64. The van der Waals surface area contributed by atoms with Crippen LogP contribution in [0, 0.1) is 12.7 Å². The van der Waals surface area contributed by atoms with Gasteiger partial charge in [0.15, 0.2) is 0 Å². The number of carbonyl (C=O) groups is 1. The highest BCUT2D eigenvalue weighted by Gasteiger charge is 2.27. The van der Waals surface area contributed by atoms with Gasteiger partial charge in [0, 0.05) is 45.4 Å². The number of rotatable bonds is 3. The van der Waals surface area contributed by atoms with Crippen molar-refractivity contribution in [2.45, 2.75) is 44.7 Å². The molecule has 0 radical (unpaired) electrons. The number of halogens is 1. The minimum atomic E-state index is -0.197. The number of nitrogens with one attached hydrogen (secondary N) is 1. The summed E-state index contributed by atoms with van der Waals surface area (Å²) < 4.78 is 19.5. The van der Waals surface area contributed by atoms with Crippen molar-refractivity contribution in [1.82, 2.24) is 10.2 Å². The zero-order valence-electron chi connectivity index (χ0n) is 15.1. The van der Waals surface area contributed by atoms with Gasteiger partial charge in [0.05, 0.1) is 5.69 Å². The van der Waals surface area contributed by atoms with E-state index in [0.717, 1.165) is 37.8 Å². The summed E-state index contributed by atoms with van der Waals surface area (Å²) in [6, 6.07) is 5.43. The van der Waals surface area contributed by atoms with E-state index >= 15 is 0 Å². The van der Waals surface area contributed by atoms with Crippen molar-refractivity contribution in [3.05, 3.63) is 29.6 Å². The number of piperidine rings is 1. The van der Waals surface area contributed by atoms with E-state index in [-0.39, 0.29) is 23.9 Å². The van der Waals surface area contributed by atoms with Gasteiger partial charge >= 0.3 is 6.03 Å². The number of amides is 2. The third kappa shape index (κ3) is 4.42. The average molecular weight is 349 g/mol. The molecule has 2 amide bonds. The Morgan fingerprint density at radius 1 is 1.32 bits per heavy atom. The first-order valence-corrected chi connectivity index (χ1v) is 9.17. The Morgan fingerprint density at radius 3 is 2.84 bits per heavy atom. The number of carbonyl (C=O) groups excluding carboxylic acids is 1. The lowest BCUT2D eigenvalue weighted by atomic mass is 10.0. The number of nitrogens with zero attached hydrogens (tertiary/aromatic N) is 2. The molecule has 0 saturated carbocycles. The number of anilines is 1. The molecule has 0 bridgehead atoms. The van der Waals surface area contributed by atoms with Crippen LogP contribution in [0.3, 0.4) is 0 Å².